The van der Waals surface area contributed by atoms with Crippen LogP contribution in [0.5, 0.6) is 5.88 Å². The minimum absolute atomic E-state index is 0.502. The number of pyridine rings is 1. The zero-order valence-electron chi connectivity index (χ0n) is 15.2. The van der Waals surface area contributed by atoms with Gasteiger partial charge in [0.15, 0.2) is 0 Å². The van der Waals surface area contributed by atoms with E-state index >= 15 is 0 Å². The van der Waals surface area contributed by atoms with Crippen LogP contribution in [0.3, 0.4) is 0 Å². The molecule has 0 spiro atoms. The number of hydrogen-bond acceptors (Lipinski definition) is 3. The van der Waals surface area contributed by atoms with Gasteiger partial charge in [-0.1, -0.05) is 54.6 Å². The first-order chi connectivity index (χ1) is 13.8. The quantitative estimate of drug-likeness (QED) is 0.441. The molecule has 3 heterocycles. The van der Waals surface area contributed by atoms with Crippen LogP contribution in [0.1, 0.15) is 5.56 Å². The molecule has 0 fully saturated rings. The maximum Gasteiger partial charge on any atom is 0.224 e. The number of nitrogens with zero attached hydrogens (tertiary/aromatic N) is 3. The predicted molar refractivity (Wildman–Crippen MR) is 111 cm³/mol. The molecule has 0 atom stereocenters. The molecule has 0 aliphatic carbocycles. The van der Waals surface area contributed by atoms with Crippen molar-refractivity contribution in [3.8, 4) is 39.8 Å². The van der Waals surface area contributed by atoms with Crippen LogP contribution in [0.15, 0.2) is 72.9 Å². The molecule has 138 valence electrons. The van der Waals surface area contributed by atoms with E-state index in [1.807, 2.05) is 18.2 Å². The molecule has 0 N–H and O–H groups in total. The molecule has 2 aromatic heterocycles. The monoisotopic (exact) mass is 387 g/mol. The summed E-state index contributed by atoms with van der Waals surface area (Å²) in [5, 5.41) is 0. The van der Waals surface area contributed by atoms with Crippen molar-refractivity contribution in [2.24, 2.45) is 0 Å². The Morgan fingerprint density at radius 1 is 0.929 bits per heavy atom. The largest absolute Gasteiger partial charge is 0.475 e. The smallest absolute Gasteiger partial charge is 0.224 e. The molecule has 1 aliphatic rings. The van der Waals surface area contributed by atoms with E-state index in [-0.39, 0.29) is 0 Å². The van der Waals surface area contributed by atoms with Gasteiger partial charge in [0.2, 0.25) is 5.88 Å². The molecule has 4 aromatic rings. The highest BCUT2D eigenvalue weighted by molar-refractivity contribution is 6.17. The molecule has 0 saturated carbocycles. The fourth-order valence-electron chi connectivity index (χ4n) is 3.63. The second kappa shape index (κ2) is 7.13. The Labute approximate surface area is 168 Å². The van der Waals surface area contributed by atoms with Crippen molar-refractivity contribution in [3.05, 3.63) is 78.5 Å². The van der Waals surface area contributed by atoms with Gasteiger partial charge in [0.05, 0.1) is 23.5 Å². The number of imidazole rings is 1. The lowest BCUT2D eigenvalue weighted by Crippen LogP contribution is -2.07. The highest BCUT2D eigenvalue weighted by atomic mass is 35.5. The van der Waals surface area contributed by atoms with E-state index in [1.54, 1.807) is 6.20 Å². The third kappa shape index (κ3) is 2.86. The van der Waals surface area contributed by atoms with E-state index < -0.39 is 0 Å². The van der Waals surface area contributed by atoms with Gasteiger partial charge >= 0.3 is 0 Å². The lowest BCUT2D eigenvalue weighted by atomic mass is 10.0. The van der Waals surface area contributed by atoms with E-state index in [9.17, 15) is 0 Å². The molecule has 5 rings (SSSR count). The summed E-state index contributed by atoms with van der Waals surface area (Å²) in [5.41, 5.74) is 6.26. The predicted octanol–water partition coefficient (Wildman–Crippen LogP) is 5.41. The van der Waals surface area contributed by atoms with Crippen LogP contribution in [0, 0.1) is 0 Å². The number of rotatable bonds is 3. The topological polar surface area (TPSA) is 39.9 Å². The molecular formula is C23H18ClN3O. The molecule has 0 bridgehead atoms. The normalized spacial score (nSPS) is 12.6. The second-order valence-electron chi connectivity index (χ2n) is 6.69. The lowest BCUT2D eigenvalue weighted by molar-refractivity contribution is 0.296. The van der Waals surface area contributed by atoms with Crippen molar-refractivity contribution < 1.29 is 4.74 Å². The molecule has 0 unspecified atom stereocenters. The maximum atomic E-state index is 5.97. The number of hydrogen-bond donors (Lipinski definition) is 0. The van der Waals surface area contributed by atoms with Gasteiger partial charge in [0.1, 0.15) is 12.4 Å². The van der Waals surface area contributed by atoms with Crippen LogP contribution >= 0.6 is 11.6 Å². The zero-order chi connectivity index (χ0) is 18.9. The van der Waals surface area contributed by atoms with Crippen molar-refractivity contribution >= 4 is 11.6 Å². The van der Waals surface area contributed by atoms with Gasteiger partial charge in [-0.25, -0.2) is 9.97 Å². The molecule has 28 heavy (non-hydrogen) atoms. The third-order valence-corrected chi connectivity index (χ3v) is 5.27. The first-order valence-electron chi connectivity index (χ1n) is 9.24. The maximum absolute atomic E-state index is 5.97. The van der Waals surface area contributed by atoms with Crippen molar-refractivity contribution in [2.45, 2.75) is 12.4 Å². The van der Waals surface area contributed by atoms with Crippen LogP contribution < -0.4 is 4.74 Å². The molecule has 0 radical (unpaired) electrons. The fourth-order valence-corrected chi connectivity index (χ4v) is 3.81. The van der Waals surface area contributed by atoms with Crippen molar-refractivity contribution in [1.82, 2.24) is 14.5 Å². The van der Waals surface area contributed by atoms with E-state index in [0.29, 0.717) is 24.9 Å². The van der Waals surface area contributed by atoms with Crippen LogP contribution in [0.25, 0.3) is 33.9 Å². The van der Waals surface area contributed by atoms with Crippen LogP contribution in [0.2, 0.25) is 0 Å². The van der Waals surface area contributed by atoms with Crippen molar-refractivity contribution in [2.75, 3.05) is 6.61 Å². The number of aromatic nitrogens is 3. The molecule has 0 saturated heterocycles. The molecule has 0 amide bonds. The Morgan fingerprint density at radius 3 is 2.54 bits per heavy atom. The summed E-state index contributed by atoms with van der Waals surface area (Å²) in [5.74, 6) is 2.02. The Hall–Kier alpha value is -3.11. The molecule has 4 nitrogen and oxygen atoms in total. The molecular weight excluding hydrogens is 370 g/mol. The van der Waals surface area contributed by atoms with E-state index in [1.165, 1.54) is 0 Å². The van der Waals surface area contributed by atoms with Gasteiger partial charge in [0.25, 0.3) is 0 Å². The SMILES string of the molecule is ClCc1ccc(-c2nc3n(c2-c2ccccc2)CCOc2ncccc2-3)cc1. The number of fused-ring (bicyclic) bond motifs is 3. The first-order valence-corrected chi connectivity index (χ1v) is 9.78. The summed E-state index contributed by atoms with van der Waals surface area (Å²) in [6.45, 7) is 1.26. The van der Waals surface area contributed by atoms with Crippen LogP contribution in [0.4, 0.5) is 0 Å². The Kier molecular flexibility index (Phi) is 4.34. The average Bonchev–Trinajstić information content (AvgIpc) is 3.04. The van der Waals surface area contributed by atoms with Gasteiger partial charge in [-0.05, 0) is 17.7 Å². The van der Waals surface area contributed by atoms with Crippen molar-refractivity contribution in [3.63, 3.8) is 0 Å². The summed E-state index contributed by atoms with van der Waals surface area (Å²) in [7, 11) is 0. The Balaban J connectivity index is 1.78. The standard InChI is InChI=1S/C23H18ClN3O/c24-15-16-8-10-17(11-9-16)20-21(18-5-2-1-3-6-18)27-13-14-28-23-19(22(27)26-20)7-4-12-25-23/h1-12H,13-15H2. The van der Waals surface area contributed by atoms with E-state index in [0.717, 1.165) is 39.5 Å². The second-order valence-corrected chi connectivity index (χ2v) is 6.95. The van der Waals surface area contributed by atoms with E-state index in [4.69, 9.17) is 21.3 Å². The third-order valence-electron chi connectivity index (χ3n) is 4.96. The summed E-state index contributed by atoms with van der Waals surface area (Å²) in [6, 6.07) is 22.6. The summed E-state index contributed by atoms with van der Waals surface area (Å²) >= 11 is 5.97. The first kappa shape index (κ1) is 17.0. The number of ether oxygens (including phenoxy) is 1. The summed E-state index contributed by atoms with van der Waals surface area (Å²) in [4.78, 5) is 9.46. The van der Waals surface area contributed by atoms with Gasteiger partial charge in [-0.2, -0.15) is 0 Å². The van der Waals surface area contributed by atoms with Gasteiger partial charge in [-0.3, -0.25) is 0 Å². The molecule has 5 heteroatoms. The highest BCUT2D eigenvalue weighted by Gasteiger charge is 2.25. The van der Waals surface area contributed by atoms with Gasteiger partial charge in [-0.15, -0.1) is 11.6 Å². The van der Waals surface area contributed by atoms with Gasteiger partial charge in [0, 0.05) is 23.2 Å². The average molecular weight is 388 g/mol. The molecule has 2 aromatic carbocycles. The summed E-state index contributed by atoms with van der Waals surface area (Å²) in [6.07, 6.45) is 1.75. The molecule has 1 aliphatic heterocycles. The van der Waals surface area contributed by atoms with Crippen molar-refractivity contribution in [1.29, 1.82) is 0 Å². The minimum Gasteiger partial charge on any atom is -0.475 e. The number of benzene rings is 2. The van der Waals surface area contributed by atoms with Crippen LogP contribution in [-0.4, -0.2) is 21.1 Å². The summed E-state index contributed by atoms with van der Waals surface area (Å²) < 4.78 is 8.11. The highest BCUT2D eigenvalue weighted by Crippen LogP contribution is 2.39. The Bertz CT molecular complexity index is 1120. The zero-order valence-corrected chi connectivity index (χ0v) is 15.9. The number of halogens is 1. The minimum atomic E-state index is 0.502. The fraction of sp³-hybridized carbons (Fsp3) is 0.130. The van der Waals surface area contributed by atoms with Gasteiger partial charge < -0.3 is 9.30 Å². The van der Waals surface area contributed by atoms with Crippen LogP contribution in [-0.2, 0) is 12.4 Å². The Morgan fingerprint density at radius 2 is 1.75 bits per heavy atom. The van der Waals surface area contributed by atoms with E-state index in [2.05, 4.69) is 58.1 Å². The number of alkyl halides is 1. The lowest BCUT2D eigenvalue weighted by Gasteiger charge is -2.11.